The molecule has 1 aliphatic rings. The molecule has 3 aromatic rings. The van der Waals surface area contributed by atoms with Gasteiger partial charge in [0.15, 0.2) is 5.82 Å². The fourth-order valence-corrected chi connectivity index (χ4v) is 4.12. The van der Waals surface area contributed by atoms with Gasteiger partial charge in [-0.1, -0.05) is 18.6 Å². The smallest absolute Gasteiger partial charge is 0.416 e. The molecular weight excluding hydrogens is 429 g/mol. The molecule has 1 saturated heterocycles. The molecule has 0 saturated carbocycles. The number of hydrogen-bond donors (Lipinski definition) is 1. The fourth-order valence-electron chi connectivity index (χ4n) is 3.55. The summed E-state index contributed by atoms with van der Waals surface area (Å²) in [5, 5.41) is 3.08. The Morgan fingerprint density at radius 1 is 1.23 bits per heavy atom. The molecule has 3 heterocycles. The van der Waals surface area contributed by atoms with Crippen LogP contribution in [0.3, 0.4) is 0 Å². The van der Waals surface area contributed by atoms with E-state index in [9.17, 15) is 18.0 Å². The number of carbonyl (C=O) groups excluding carboxylic acids is 1. The Kier molecular flexibility index (Phi) is 6.10. The number of piperidine rings is 1. The van der Waals surface area contributed by atoms with E-state index in [2.05, 4.69) is 19.6 Å². The Morgan fingerprint density at radius 3 is 2.74 bits per heavy atom. The van der Waals surface area contributed by atoms with Crippen molar-refractivity contribution in [3.8, 4) is 11.3 Å². The van der Waals surface area contributed by atoms with E-state index in [0.29, 0.717) is 23.3 Å². The number of carbonyl (C=O) groups is 1. The maximum atomic E-state index is 13.0. The molecule has 0 spiro atoms. The minimum Gasteiger partial charge on any atom is -0.461 e. The summed E-state index contributed by atoms with van der Waals surface area (Å²) in [6, 6.07) is 6.24. The lowest BCUT2D eigenvalue weighted by Crippen LogP contribution is -2.29. The maximum Gasteiger partial charge on any atom is 0.416 e. The molecule has 1 aromatic carbocycles. The Balaban J connectivity index is 1.46. The van der Waals surface area contributed by atoms with Crippen molar-refractivity contribution in [2.24, 2.45) is 0 Å². The lowest BCUT2D eigenvalue weighted by atomic mass is 10.1. The molecule has 4 rings (SSSR count). The molecule has 31 heavy (non-hydrogen) atoms. The number of furan rings is 1. The molecule has 0 atom stereocenters. The number of benzene rings is 1. The molecule has 164 valence electrons. The molecule has 0 bridgehead atoms. The predicted octanol–water partition coefficient (Wildman–Crippen LogP) is 5.36. The van der Waals surface area contributed by atoms with Crippen LogP contribution in [-0.2, 0) is 12.7 Å². The van der Waals surface area contributed by atoms with Gasteiger partial charge in [-0.25, -0.2) is 4.98 Å². The van der Waals surface area contributed by atoms with E-state index in [1.807, 2.05) is 0 Å². The first kappa shape index (κ1) is 21.5. The Labute approximate surface area is 181 Å². The number of aromatic nitrogens is 2. The van der Waals surface area contributed by atoms with E-state index in [-0.39, 0.29) is 16.9 Å². The third-order valence-electron chi connectivity index (χ3n) is 5.14. The second-order valence-corrected chi connectivity index (χ2v) is 8.22. The predicted molar refractivity (Wildman–Crippen MR) is 111 cm³/mol. The van der Waals surface area contributed by atoms with Crippen LogP contribution in [0.5, 0.6) is 0 Å². The summed E-state index contributed by atoms with van der Waals surface area (Å²) in [4.78, 5) is 19.4. The summed E-state index contributed by atoms with van der Waals surface area (Å²) >= 11 is 1.10. The third-order valence-corrected chi connectivity index (χ3v) is 5.81. The van der Waals surface area contributed by atoms with Gasteiger partial charge in [0.2, 0.25) is 5.13 Å². The van der Waals surface area contributed by atoms with E-state index >= 15 is 0 Å². The summed E-state index contributed by atoms with van der Waals surface area (Å²) in [6.45, 7) is 4.28. The number of hydrogen-bond acceptors (Lipinski definition) is 6. The number of likely N-dealkylation sites (tertiary alicyclic amines) is 1. The lowest BCUT2D eigenvalue weighted by Gasteiger charge is -2.24. The third kappa shape index (κ3) is 5.13. The van der Waals surface area contributed by atoms with Gasteiger partial charge in [-0.15, -0.1) is 0 Å². The Morgan fingerprint density at radius 2 is 2.00 bits per heavy atom. The van der Waals surface area contributed by atoms with E-state index in [1.165, 1.54) is 37.5 Å². The molecule has 6 nitrogen and oxygen atoms in total. The molecule has 0 unspecified atom stereocenters. The summed E-state index contributed by atoms with van der Waals surface area (Å²) in [5.74, 6) is 0.718. The van der Waals surface area contributed by atoms with Crippen molar-refractivity contribution in [3.63, 3.8) is 0 Å². The molecular formula is C21H21F3N4O2S. The van der Waals surface area contributed by atoms with E-state index < -0.39 is 17.6 Å². The van der Waals surface area contributed by atoms with Gasteiger partial charge in [0.05, 0.1) is 17.7 Å². The number of halogens is 3. The molecule has 1 N–H and O–H groups in total. The maximum absolute atomic E-state index is 13.0. The van der Waals surface area contributed by atoms with E-state index in [4.69, 9.17) is 4.42 Å². The van der Waals surface area contributed by atoms with Crippen LogP contribution in [0.25, 0.3) is 11.3 Å². The van der Waals surface area contributed by atoms with Crippen LogP contribution in [0.15, 0.2) is 34.7 Å². The lowest BCUT2D eigenvalue weighted by molar-refractivity contribution is -0.137. The van der Waals surface area contributed by atoms with Crippen LogP contribution in [0, 0.1) is 6.92 Å². The van der Waals surface area contributed by atoms with Gasteiger partial charge >= 0.3 is 6.18 Å². The number of amides is 1. The highest BCUT2D eigenvalue weighted by atomic mass is 32.1. The monoisotopic (exact) mass is 450 g/mol. The molecule has 0 aliphatic carbocycles. The minimum atomic E-state index is -4.46. The van der Waals surface area contributed by atoms with Crippen molar-refractivity contribution in [2.45, 2.75) is 38.9 Å². The van der Waals surface area contributed by atoms with Crippen molar-refractivity contribution in [1.82, 2.24) is 14.3 Å². The zero-order valence-corrected chi connectivity index (χ0v) is 17.6. The standard InChI is InChI=1S/C21H21F3N4O2S/c1-13-16(11-17(30-13)14-6-5-7-15(10-14)21(22,23)24)19(29)26-20-25-18(27-31-20)12-28-8-3-2-4-9-28/h5-7,10-11H,2-4,8-9,12H2,1H3,(H,25,26,27,29). The summed E-state index contributed by atoms with van der Waals surface area (Å²) in [5.41, 5.74) is -0.294. The van der Waals surface area contributed by atoms with Crippen molar-refractivity contribution >= 4 is 22.6 Å². The zero-order chi connectivity index (χ0) is 22.0. The zero-order valence-electron chi connectivity index (χ0n) is 16.8. The summed E-state index contributed by atoms with van der Waals surface area (Å²) in [7, 11) is 0. The van der Waals surface area contributed by atoms with E-state index in [1.54, 1.807) is 6.92 Å². The van der Waals surface area contributed by atoms with Crippen molar-refractivity contribution in [1.29, 1.82) is 0 Å². The van der Waals surface area contributed by atoms with Gasteiger partial charge in [0.1, 0.15) is 11.5 Å². The van der Waals surface area contributed by atoms with Crippen LogP contribution in [0.1, 0.15) is 46.8 Å². The summed E-state index contributed by atoms with van der Waals surface area (Å²) in [6.07, 6.45) is -0.875. The average molecular weight is 450 g/mol. The average Bonchev–Trinajstić information content (AvgIpc) is 3.34. The largest absolute Gasteiger partial charge is 0.461 e. The van der Waals surface area contributed by atoms with Crippen LogP contribution in [-0.4, -0.2) is 33.3 Å². The number of nitrogens with one attached hydrogen (secondary N) is 1. The molecule has 0 radical (unpaired) electrons. The van der Waals surface area contributed by atoms with Crippen molar-refractivity contribution in [3.05, 3.63) is 53.0 Å². The Bertz CT molecular complexity index is 1070. The fraction of sp³-hybridized carbons (Fsp3) is 0.381. The van der Waals surface area contributed by atoms with Crippen molar-refractivity contribution < 1.29 is 22.4 Å². The number of alkyl halides is 3. The second-order valence-electron chi connectivity index (χ2n) is 7.47. The molecule has 2 aromatic heterocycles. The van der Waals surface area contributed by atoms with Gasteiger partial charge in [-0.3, -0.25) is 15.0 Å². The molecule has 1 amide bonds. The number of aryl methyl sites for hydroxylation is 1. The van der Waals surface area contributed by atoms with Crippen LogP contribution < -0.4 is 5.32 Å². The van der Waals surface area contributed by atoms with Gasteiger partial charge in [0, 0.05) is 17.1 Å². The van der Waals surface area contributed by atoms with Crippen LogP contribution in [0.2, 0.25) is 0 Å². The quantitative estimate of drug-likeness (QED) is 0.566. The second kappa shape index (κ2) is 8.80. The number of nitrogens with zero attached hydrogens (tertiary/aromatic N) is 3. The highest BCUT2D eigenvalue weighted by molar-refractivity contribution is 7.09. The molecule has 1 fully saturated rings. The van der Waals surface area contributed by atoms with E-state index in [0.717, 1.165) is 36.8 Å². The van der Waals surface area contributed by atoms with Crippen molar-refractivity contribution in [2.75, 3.05) is 18.4 Å². The minimum absolute atomic E-state index is 0.191. The Hall–Kier alpha value is -2.72. The first-order valence-electron chi connectivity index (χ1n) is 9.94. The van der Waals surface area contributed by atoms with Gasteiger partial charge in [-0.2, -0.15) is 17.5 Å². The number of anilines is 1. The first-order valence-corrected chi connectivity index (χ1v) is 10.7. The van der Waals surface area contributed by atoms with Crippen LogP contribution >= 0.6 is 11.5 Å². The normalized spacial score (nSPS) is 15.2. The summed E-state index contributed by atoms with van der Waals surface area (Å²) < 4.78 is 48.8. The number of rotatable bonds is 5. The highest BCUT2D eigenvalue weighted by Crippen LogP contribution is 2.33. The van der Waals surface area contributed by atoms with Crippen LogP contribution in [0.4, 0.5) is 18.3 Å². The SMILES string of the molecule is Cc1oc(-c2cccc(C(F)(F)F)c2)cc1C(=O)Nc1nc(CN2CCCCC2)ns1. The molecule has 10 heteroatoms. The molecule has 1 aliphatic heterocycles. The first-order chi connectivity index (χ1) is 14.8. The van der Waals surface area contributed by atoms with Gasteiger partial charge < -0.3 is 4.42 Å². The highest BCUT2D eigenvalue weighted by Gasteiger charge is 2.31. The topological polar surface area (TPSA) is 71.3 Å². The van der Waals surface area contributed by atoms with Gasteiger partial charge in [0.25, 0.3) is 5.91 Å². The van der Waals surface area contributed by atoms with Gasteiger partial charge in [-0.05, 0) is 51.1 Å².